The number of benzene rings is 2. The van der Waals surface area contributed by atoms with E-state index >= 15 is 0 Å². The maximum atomic E-state index is 12.5. The number of methoxy groups -OCH3 is 1. The molecule has 2 aromatic carbocycles. The van der Waals surface area contributed by atoms with Gasteiger partial charge in [0.2, 0.25) is 5.82 Å². The Bertz CT molecular complexity index is 983. The van der Waals surface area contributed by atoms with Gasteiger partial charge in [0.1, 0.15) is 11.3 Å². The molecule has 1 amide bonds. The molecule has 0 bridgehead atoms. The van der Waals surface area contributed by atoms with Crippen molar-refractivity contribution in [1.29, 1.82) is 0 Å². The number of amides is 1. The highest BCUT2D eigenvalue weighted by molar-refractivity contribution is 6.07. The largest absolute Gasteiger partial charge is 0.497 e. The number of hydrogen-bond acceptors (Lipinski definition) is 7. The van der Waals surface area contributed by atoms with E-state index in [2.05, 4.69) is 15.6 Å². The van der Waals surface area contributed by atoms with Gasteiger partial charge in [-0.15, -0.1) is 0 Å². The van der Waals surface area contributed by atoms with Crippen LogP contribution >= 0.6 is 0 Å². The van der Waals surface area contributed by atoms with Crippen molar-refractivity contribution in [3.63, 3.8) is 0 Å². The first kappa shape index (κ1) is 17.1. The average Bonchev–Trinajstić information content (AvgIpc) is 3.09. The molecule has 0 spiro atoms. The summed E-state index contributed by atoms with van der Waals surface area (Å²) in [6.45, 7) is 1.85. The van der Waals surface area contributed by atoms with Gasteiger partial charge in [-0.1, -0.05) is 12.1 Å². The van der Waals surface area contributed by atoms with E-state index in [0.717, 1.165) is 5.56 Å². The average molecular weight is 354 g/mol. The second kappa shape index (κ2) is 7.01. The summed E-state index contributed by atoms with van der Waals surface area (Å²) < 4.78 is 9.91. The minimum atomic E-state index is -0.680. The first-order chi connectivity index (χ1) is 12.5. The van der Waals surface area contributed by atoms with Crippen LogP contribution in [0.25, 0.3) is 11.3 Å². The smallest absolute Gasteiger partial charge is 0.282 e. The van der Waals surface area contributed by atoms with E-state index in [1.807, 2.05) is 6.92 Å². The van der Waals surface area contributed by atoms with E-state index in [1.54, 1.807) is 25.3 Å². The quantitative estimate of drug-likeness (QED) is 0.551. The lowest BCUT2D eigenvalue weighted by Gasteiger charge is -2.07. The fraction of sp³-hybridized carbons (Fsp3) is 0.118. The zero-order valence-corrected chi connectivity index (χ0v) is 13.9. The molecule has 0 aliphatic heterocycles. The predicted octanol–water partition coefficient (Wildman–Crippen LogP) is 3.21. The molecule has 0 aliphatic rings. The summed E-state index contributed by atoms with van der Waals surface area (Å²) in [6.07, 6.45) is 0. The third-order valence-corrected chi connectivity index (χ3v) is 3.75. The molecule has 26 heavy (non-hydrogen) atoms. The summed E-state index contributed by atoms with van der Waals surface area (Å²) in [5.74, 6) is 0.0648. The second-order valence-electron chi connectivity index (χ2n) is 5.37. The van der Waals surface area contributed by atoms with Crippen molar-refractivity contribution in [3.8, 4) is 17.0 Å². The number of carbonyl (C=O) groups excluding carboxylic acids is 1. The van der Waals surface area contributed by atoms with Gasteiger partial charge in [0.25, 0.3) is 11.6 Å². The third kappa shape index (κ3) is 3.22. The van der Waals surface area contributed by atoms with Crippen LogP contribution in [0.1, 0.15) is 15.9 Å². The molecule has 0 radical (unpaired) electrons. The van der Waals surface area contributed by atoms with Gasteiger partial charge in [0, 0.05) is 11.6 Å². The molecule has 0 atom stereocenters. The van der Waals surface area contributed by atoms with Crippen molar-refractivity contribution in [2.45, 2.75) is 6.92 Å². The van der Waals surface area contributed by atoms with Crippen LogP contribution in [0.15, 0.2) is 47.1 Å². The summed E-state index contributed by atoms with van der Waals surface area (Å²) in [6, 6.07) is 10.9. The van der Waals surface area contributed by atoms with Gasteiger partial charge in [-0.2, -0.15) is 0 Å². The number of anilines is 1. The molecule has 0 unspecified atom stereocenters. The Balaban J connectivity index is 1.93. The highest BCUT2D eigenvalue weighted by atomic mass is 16.6. The lowest BCUT2D eigenvalue weighted by molar-refractivity contribution is -0.385. The van der Waals surface area contributed by atoms with Gasteiger partial charge >= 0.3 is 0 Å². The Hall–Kier alpha value is -3.75. The zero-order valence-electron chi connectivity index (χ0n) is 13.9. The lowest BCUT2D eigenvalue weighted by Crippen LogP contribution is -2.14. The number of carbonyl (C=O) groups is 1. The van der Waals surface area contributed by atoms with Crippen LogP contribution in [0.5, 0.6) is 5.75 Å². The van der Waals surface area contributed by atoms with Gasteiger partial charge in [-0.05, 0) is 47.1 Å². The fourth-order valence-corrected chi connectivity index (χ4v) is 2.48. The molecule has 1 aromatic heterocycles. The molecule has 9 heteroatoms. The van der Waals surface area contributed by atoms with E-state index in [1.165, 1.54) is 24.3 Å². The van der Waals surface area contributed by atoms with Crippen LogP contribution in [0.3, 0.4) is 0 Å². The Morgan fingerprint density at radius 1 is 1.23 bits per heavy atom. The normalized spacial score (nSPS) is 10.4. The molecule has 3 aromatic rings. The number of nitrogens with one attached hydrogen (secondary N) is 1. The molecule has 1 heterocycles. The van der Waals surface area contributed by atoms with E-state index in [4.69, 9.17) is 9.37 Å². The first-order valence-electron chi connectivity index (χ1n) is 7.53. The highest BCUT2D eigenvalue weighted by Gasteiger charge is 2.23. The lowest BCUT2D eigenvalue weighted by atomic mass is 10.1. The fourth-order valence-electron chi connectivity index (χ4n) is 2.48. The number of aromatic nitrogens is 2. The zero-order chi connectivity index (χ0) is 18.7. The Morgan fingerprint density at radius 2 is 2.00 bits per heavy atom. The molecule has 0 saturated carbocycles. The number of nitro benzene ring substituents is 1. The molecule has 0 fully saturated rings. The maximum Gasteiger partial charge on any atom is 0.282 e. The minimum absolute atomic E-state index is 0.0708. The van der Waals surface area contributed by atoms with Gasteiger partial charge in [0.05, 0.1) is 12.0 Å². The summed E-state index contributed by atoms with van der Waals surface area (Å²) in [5, 5.41) is 21.1. The molecular formula is C17H14N4O5. The summed E-state index contributed by atoms with van der Waals surface area (Å²) in [4.78, 5) is 22.9. The van der Waals surface area contributed by atoms with Crippen molar-refractivity contribution < 1.29 is 19.1 Å². The Labute approximate surface area is 147 Å². The highest BCUT2D eigenvalue weighted by Crippen LogP contribution is 2.30. The molecule has 1 N–H and O–H groups in total. The van der Waals surface area contributed by atoms with Crippen molar-refractivity contribution >= 4 is 17.4 Å². The molecule has 0 saturated heterocycles. The summed E-state index contributed by atoms with van der Waals surface area (Å²) in [7, 11) is 1.56. The van der Waals surface area contributed by atoms with Crippen molar-refractivity contribution in [2.24, 2.45) is 0 Å². The van der Waals surface area contributed by atoms with E-state index in [9.17, 15) is 14.9 Å². The van der Waals surface area contributed by atoms with Crippen molar-refractivity contribution in [2.75, 3.05) is 12.4 Å². The summed E-state index contributed by atoms with van der Waals surface area (Å²) >= 11 is 0. The van der Waals surface area contributed by atoms with Gasteiger partial charge < -0.3 is 10.1 Å². The molecule has 0 aliphatic carbocycles. The topological polar surface area (TPSA) is 120 Å². The third-order valence-electron chi connectivity index (χ3n) is 3.75. The number of ether oxygens (including phenoxy) is 1. The van der Waals surface area contributed by atoms with E-state index in [-0.39, 0.29) is 17.1 Å². The van der Waals surface area contributed by atoms with Crippen LogP contribution in [0.2, 0.25) is 0 Å². The van der Waals surface area contributed by atoms with Crippen LogP contribution < -0.4 is 10.1 Å². The number of aryl methyl sites for hydroxylation is 1. The number of hydrogen-bond donors (Lipinski definition) is 1. The second-order valence-corrected chi connectivity index (χ2v) is 5.37. The van der Waals surface area contributed by atoms with E-state index in [0.29, 0.717) is 17.0 Å². The van der Waals surface area contributed by atoms with Crippen LogP contribution in [0, 0.1) is 17.0 Å². The standard InChI is InChI=1S/C17H14N4O5/c1-10-9-11(25-2)7-8-12(10)15-16(20-26-19-15)18-17(22)13-5-3-4-6-14(13)21(23)24/h3-9H,1-2H3,(H,18,20,22). The van der Waals surface area contributed by atoms with Gasteiger partial charge in [0.15, 0.2) is 5.69 Å². The monoisotopic (exact) mass is 354 g/mol. The van der Waals surface area contributed by atoms with E-state index < -0.39 is 10.8 Å². The molecule has 132 valence electrons. The van der Waals surface area contributed by atoms with Crippen molar-refractivity contribution in [1.82, 2.24) is 10.3 Å². The van der Waals surface area contributed by atoms with Crippen LogP contribution in [-0.4, -0.2) is 28.3 Å². The SMILES string of the molecule is COc1ccc(-c2nonc2NC(=O)c2ccccc2[N+](=O)[O-])c(C)c1. The number of nitro groups is 1. The molecule has 3 rings (SSSR count). The maximum absolute atomic E-state index is 12.5. The minimum Gasteiger partial charge on any atom is -0.497 e. The van der Waals surface area contributed by atoms with Crippen molar-refractivity contribution in [3.05, 3.63) is 63.7 Å². The Kier molecular flexibility index (Phi) is 4.61. The van der Waals surface area contributed by atoms with Gasteiger partial charge in [-0.3, -0.25) is 14.9 Å². The summed E-state index contributed by atoms with van der Waals surface area (Å²) in [5.41, 5.74) is 1.45. The van der Waals surface area contributed by atoms with Crippen LogP contribution in [-0.2, 0) is 0 Å². The molecular weight excluding hydrogens is 340 g/mol. The Morgan fingerprint density at radius 3 is 2.69 bits per heavy atom. The van der Waals surface area contributed by atoms with Gasteiger partial charge in [-0.25, -0.2) is 4.63 Å². The number of rotatable bonds is 5. The number of nitrogens with zero attached hydrogens (tertiary/aromatic N) is 3. The molecule has 9 nitrogen and oxygen atoms in total. The number of para-hydroxylation sites is 1. The van der Waals surface area contributed by atoms with Crippen LogP contribution in [0.4, 0.5) is 11.5 Å². The first-order valence-corrected chi connectivity index (χ1v) is 7.53. The predicted molar refractivity (Wildman–Crippen MR) is 92.1 cm³/mol.